The number of fused-ring (bicyclic) bond motifs is 1. The van der Waals surface area contributed by atoms with Crippen molar-refractivity contribution in [2.45, 2.75) is 6.42 Å². The second-order valence-corrected chi connectivity index (χ2v) is 4.83. The summed E-state index contributed by atoms with van der Waals surface area (Å²) in [6.07, 6.45) is 6.28. The molecule has 0 fully saturated rings. The lowest BCUT2D eigenvalue weighted by Crippen LogP contribution is -2.04. The number of nitrogens with zero attached hydrogens (tertiary/aromatic N) is 3. The quantitative estimate of drug-likeness (QED) is 0.541. The highest BCUT2D eigenvalue weighted by molar-refractivity contribution is 5.96. The van der Waals surface area contributed by atoms with Crippen LogP contribution in [0.2, 0.25) is 0 Å². The van der Waals surface area contributed by atoms with Gasteiger partial charge in [-0.3, -0.25) is 4.79 Å². The summed E-state index contributed by atoms with van der Waals surface area (Å²) in [5, 5.41) is 4.43. The van der Waals surface area contributed by atoms with Crippen LogP contribution in [-0.2, 0) is 6.42 Å². The Kier molecular flexibility index (Phi) is 2.86. The Bertz CT molecular complexity index is 921. The van der Waals surface area contributed by atoms with Crippen LogP contribution in [0.4, 0.5) is 0 Å². The third kappa shape index (κ3) is 2.10. The van der Waals surface area contributed by atoms with Crippen molar-refractivity contribution in [3.8, 4) is 11.3 Å². The summed E-state index contributed by atoms with van der Waals surface area (Å²) < 4.78 is 11.7. The highest BCUT2D eigenvalue weighted by Gasteiger charge is 2.14. The van der Waals surface area contributed by atoms with Gasteiger partial charge in [-0.15, -0.1) is 0 Å². The van der Waals surface area contributed by atoms with Crippen molar-refractivity contribution < 1.29 is 13.6 Å². The Morgan fingerprint density at radius 3 is 2.73 bits per heavy atom. The highest BCUT2D eigenvalue weighted by atomic mass is 16.3. The molecular formula is C16H11N3O3. The minimum absolute atomic E-state index is 0.0745. The molecule has 6 heteroatoms. The second kappa shape index (κ2) is 5.00. The number of ketones is 1. The van der Waals surface area contributed by atoms with Gasteiger partial charge in [-0.25, -0.2) is 9.50 Å². The van der Waals surface area contributed by atoms with Gasteiger partial charge in [-0.1, -0.05) is 6.07 Å². The van der Waals surface area contributed by atoms with E-state index in [4.69, 9.17) is 8.83 Å². The van der Waals surface area contributed by atoms with E-state index in [9.17, 15) is 4.79 Å². The molecule has 0 aliphatic rings. The molecule has 0 bridgehead atoms. The van der Waals surface area contributed by atoms with Crippen LogP contribution in [0.5, 0.6) is 0 Å². The van der Waals surface area contributed by atoms with Crippen LogP contribution in [0.1, 0.15) is 16.2 Å². The van der Waals surface area contributed by atoms with Crippen LogP contribution in [-0.4, -0.2) is 20.4 Å². The number of rotatable bonds is 4. The fourth-order valence-electron chi connectivity index (χ4n) is 2.32. The van der Waals surface area contributed by atoms with E-state index >= 15 is 0 Å². The van der Waals surface area contributed by atoms with Crippen molar-refractivity contribution in [1.82, 2.24) is 14.6 Å². The molecule has 0 spiro atoms. The van der Waals surface area contributed by atoms with Gasteiger partial charge in [0.25, 0.3) is 0 Å². The molecule has 0 amide bonds. The fourth-order valence-corrected chi connectivity index (χ4v) is 2.32. The number of Topliss-reactive ketones (excluding diaryl/α,β-unsaturated/α-hetero) is 1. The molecule has 0 N–H and O–H groups in total. The van der Waals surface area contributed by atoms with Gasteiger partial charge >= 0.3 is 0 Å². The number of carbonyl (C=O) groups excluding carboxylic acids is 1. The topological polar surface area (TPSA) is 73.5 Å². The summed E-state index contributed by atoms with van der Waals surface area (Å²) >= 11 is 0. The normalized spacial score (nSPS) is 11.1. The van der Waals surface area contributed by atoms with Crippen molar-refractivity contribution in [2.75, 3.05) is 0 Å². The van der Waals surface area contributed by atoms with Gasteiger partial charge in [0.05, 0.1) is 36.5 Å². The van der Waals surface area contributed by atoms with E-state index in [0.29, 0.717) is 17.0 Å². The molecule has 4 aromatic rings. The zero-order chi connectivity index (χ0) is 14.9. The first-order chi connectivity index (χ1) is 10.8. The van der Waals surface area contributed by atoms with Crippen LogP contribution in [0.25, 0.3) is 16.9 Å². The Morgan fingerprint density at radius 1 is 1.09 bits per heavy atom. The second-order valence-electron chi connectivity index (χ2n) is 4.83. The first-order valence-electron chi connectivity index (χ1n) is 6.74. The molecule has 0 aliphatic heterocycles. The van der Waals surface area contributed by atoms with E-state index in [1.54, 1.807) is 23.1 Å². The van der Waals surface area contributed by atoms with E-state index in [0.717, 1.165) is 11.3 Å². The number of hydrogen-bond donors (Lipinski definition) is 0. The Morgan fingerprint density at radius 2 is 1.95 bits per heavy atom. The third-order valence-electron chi connectivity index (χ3n) is 3.38. The lowest BCUT2D eigenvalue weighted by atomic mass is 10.1. The van der Waals surface area contributed by atoms with Crippen molar-refractivity contribution in [1.29, 1.82) is 0 Å². The van der Waals surface area contributed by atoms with Gasteiger partial charge in [0.1, 0.15) is 6.26 Å². The van der Waals surface area contributed by atoms with Gasteiger partial charge in [0, 0.05) is 5.56 Å². The average Bonchev–Trinajstić information content (AvgIpc) is 3.26. The maximum absolute atomic E-state index is 12.1. The van der Waals surface area contributed by atoms with Crippen molar-refractivity contribution in [2.24, 2.45) is 0 Å². The first kappa shape index (κ1) is 12.6. The Labute approximate surface area is 125 Å². The predicted molar refractivity (Wildman–Crippen MR) is 77.4 cm³/mol. The lowest BCUT2D eigenvalue weighted by Gasteiger charge is -1.99. The van der Waals surface area contributed by atoms with E-state index < -0.39 is 0 Å². The minimum Gasteiger partial charge on any atom is -0.472 e. The lowest BCUT2D eigenvalue weighted by molar-refractivity contribution is 0.0990. The summed E-state index contributed by atoms with van der Waals surface area (Å²) in [7, 11) is 0. The van der Waals surface area contributed by atoms with Crippen LogP contribution < -0.4 is 0 Å². The number of pyridine rings is 1. The van der Waals surface area contributed by atoms with Crippen molar-refractivity contribution in [3.05, 3.63) is 66.8 Å². The number of hydrogen-bond acceptors (Lipinski definition) is 5. The number of aromatic nitrogens is 3. The summed E-state index contributed by atoms with van der Waals surface area (Å²) in [5.74, 6) is 0.400. The molecule has 0 saturated carbocycles. The van der Waals surface area contributed by atoms with Crippen molar-refractivity contribution >= 4 is 11.4 Å². The largest absolute Gasteiger partial charge is 0.472 e. The zero-order valence-corrected chi connectivity index (χ0v) is 11.5. The molecule has 0 radical (unpaired) electrons. The molecule has 0 aliphatic carbocycles. The standard InChI is InChI=1S/C16H11N3O3/c20-14(12-5-7-22-10-12)8-15-17-16-3-1-2-13(19(16)18-15)11-4-6-21-9-11/h1-7,9-10H,8H2. The predicted octanol–water partition coefficient (Wildman–Crippen LogP) is 3.01. The van der Waals surface area contributed by atoms with Gasteiger partial charge in [0.2, 0.25) is 0 Å². The molecular weight excluding hydrogens is 282 g/mol. The Balaban J connectivity index is 1.72. The average molecular weight is 293 g/mol. The molecule has 0 unspecified atom stereocenters. The molecule has 0 aromatic carbocycles. The first-order valence-corrected chi connectivity index (χ1v) is 6.74. The molecule has 108 valence electrons. The summed E-state index contributed by atoms with van der Waals surface area (Å²) in [4.78, 5) is 16.5. The molecule has 4 heterocycles. The van der Waals surface area contributed by atoms with Crippen molar-refractivity contribution in [3.63, 3.8) is 0 Å². The monoisotopic (exact) mass is 293 g/mol. The van der Waals surface area contributed by atoms with Crippen LogP contribution >= 0.6 is 0 Å². The van der Waals surface area contributed by atoms with Crippen LogP contribution in [0, 0.1) is 0 Å². The highest BCUT2D eigenvalue weighted by Crippen LogP contribution is 2.20. The summed E-state index contributed by atoms with van der Waals surface area (Å²) in [6.45, 7) is 0. The maximum atomic E-state index is 12.1. The molecule has 0 atom stereocenters. The molecule has 0 saturated heterocycles. The molecule has 22 heavy (non-hydrogen) atoms. The van der Waals surface area contributed by atoms with Gasteiger partial charge in [-0.05, 0) is 24.3 Å². The van der Waals surface area contributed by atoms with Gasteiger partial charge in [-0.2, -0.15) is 5.10 Å². The zero-order valence-electron chi connectivity index (χ0n) is 11.5. The summed E-state index contributed by atoms with van der Waals surface area (Å²) in [5.41, 5.74) is 2.98. The fraction of sp³-hybridized carbons (Fsp3) is 0.0625. The SMILES string of the molecule is O=C(Cc1nc2cccc(-c3ccoc3)n2n1)c1ccoc1. The van der Waals surface area contributed by atoms with Gasteiger partial charge in [0.15, 0.2) is 17.3 Å². The molecule has 4 aromatic heterocycles. The van der Waals surface area contributed by atoms with Gasteiger partial charge < -0.3 is 8.83 Å². The maximum Gasteiger partial charge on any atom is 0.173 e. The Hall–Kier alpha value is -3.15. The molecule has 6 nitrogen and oxygen atoms in total. The third-order valence-corrected chi connectivity index (χ3v) is 3.38. The van der Waals surface area contributed by atoms with E-state index in [1.165, 1.54) is 12.5 Å². The number of carbonyl (C=O) groups is 1. The van der Waals surface area contributed by atoms with E-state index in [2.05, 4.69) is 10.1 Å². The smallest absolute Gasteiger partial charge is 0.173 e. The van der Waals surface area contributed by atoms with Crippen LogP contribution in [0.3, 0.4) is 0 Å². The van der Waals surface area contributed by atoms with E-state index in [1.807, 2.05) is 24.3 Å². The van der Waals surface area contributed by atoms with Crippen LogP contribution in [0.15, 0.2) is 64.2 Å². The summed E-state index contributed by atoms with van der Waals surface area (Å²) in [6, 6.07) is 9.16. The molecule has 4 rings (SSSR count). The van der Waals surface area contributed by atoms with E-state index in [-0.39, 0.29) is 12.2 Å². The minimum atomic E-state index is -0.0745. The number of furan rings is 2.